The number of aromatic nitrogens is 5. The highest BCUT2D eigenvalue weighted by molar-refractivity contribution is 7.11. The van der Waals surface area contributed by atoms with Gasteiger partial charge in [-0.15, -0.1) is 21.5 Å². The summed E-state index contributed by atoms with van der Waals surface area (Å²) in [7, 11) is 1.64. The van der Waals surface area contributed by atoms with Gasteiger partial charge in [0.15, 0.2) is 0 Å². The molecule has 0 bridgehead atoms. The van der Waals surface area contributed by atoms with Gasteiger partial charge in [0.05, 0.1) is 25.6 Å². The molecule has 0 spiro atoms. The highest BCUT2D eigenvalue weighted by Gasteiger charge is 2.40. The Kier molecular flexibility index (Phi) is 6.00. The number of anilines is 1. The summed E-state index contributed by atoms with van der Waals surface area (Å²) in [6.45, 7) is 2.50. The van der Waals surface area contributed by atoms with Gasteiger partial charge in [-0.05, 0) is 25.5 Å². The molecule has 3 aromatic rings. The van der Waals surface area contributed by atoms with Crippen molar-refractivity contribution in [2.45, 2.75) is 25.7 Å². The van der Waals surface area contributed by atoms with E-state index in [0.717, 1.165) is 33.6 Å². The SMILES string of the molecule is COc1ccc([C@H]2C[C@@H]2COc2cc(Cc3nnc(C)s3)nc(N)n2)nc1.N. The van der Waals surface area contributed by atoms with Crippen molar-refractivity contribution in [1.29, 1.82) is 0 Å². The van der Waals surface area contributed by atoms with Crippen LogP contribution in [0.25, 0.3) is 0 Å². The van der Waals surface area contributed by atoms with E-state index in [1.54, 1.807) is 24.6 Å². The first-order valence-corrected chi connectivity index (χ1v) is 9.47. The van der Waals surface area contributed by atoms with Crippen molar-refractivity contribution in [2.75, 3.05) is 19.5 Å². The minimum absolute atomic E-state index is 0. The lowest BCUT2D eigenvalue weighted by molar-refractivity contribution is 0.285. The van der Waals surface area contributed by atoms with E-state index in [2.05, 4.69) is 25.1 Å². The fourth-order valence-electron chi connectivity index (χ4n) is 2.94. The summed E-state index contributed by atoms with van der Waals surface area (Å²) in [5.41, 5.74) is 7.67. The molecular weight excluding hydrogens is 378 g/mol. The molecule has 2 atom stereocenters. The smallest absolute Gasteiger partial charge is 0.223 e. The number of nitrogens with two attached hydrogens (primary N) is 1. The third-order valence-electron chi connectivity index (χ3n) is 4.42. The van der Waals surface area contributed by atoms with Crippen LogP contribution in [0.15, 0.2) is 24.4 Å². The first-order chi connectivity index (χ1) is 13.1. The van der Waals surface area contributed by atoms with Gasteiger partial charge in [-0.25, -0.2) is 4.98 Å². The minimum Gasteiger partial charge on any atom is -0.495 e. The van der Waals surface area contributed by atoms with Gasteiger partial charge in [-0.1, -0.05) is 0 Å². The maximum Gasteiger partial charge on any atom is 0.223 e. The lowest BCUT2D eigenvalue weighted by Gasteiger charge is -2.07. The molecule has 0 radical (unpaired) electrons. The van der Waals surface area contributed by atoms with E-state index in [4.69, 9.17) is 15.2 Å². The van der Waals surface area contributed by atoms with Crippen LogP contribution in [0.3, 0.4) is 0 Å². The van der Waals surface area contributed by atoms with E-state index in [-0.39, 0.29) is 12.1 Å². The quantitative estimate of drug-likeness (QED) is 0.610. The molecule has 148 valence electrons. The molecule has 28 heavy (non-hydrogen) atoms. The fourth-order valence-corrected chi connectivity index (χ4v) is 3.66. The number of nitrogen functional groups attached to an aromatic ring is 1. The predicted molar refractivity (Wildman–Crippen MR) is 106 cm³/mol. The second kappa shape index (κ2) is 8.44. The molecule has 1 aliphatic rings. The number of rotatable bonds is 7. The van der Waals surface area contributed by atoms with E-state index in [1.165, 1.54) is 0 Å². The minimum atomic E-state index is 0. The first-order valence-electron chi connectivity index (χ1n) is 8.66. The Bertz CT molecular complexity index is 932. The molecule has 0 amide bonds. The van der Waals surface area contributed by atoms with Gasteiger partial charge in [0.25, 0.3) is 0 Å². The first kappa shape index (κ1) is 19.9. The summed E-state index contributed by atoms with van der Waals surface area (Å²) in [4.78, 5) is 12.9. The zero-order valence-corrected chi connectivity index (χ0v) is 16.6. The zero-order valence-electron chi connectivity index (χ0n) is 15.8. The van der Waals surface area contributed by atoms with E-state index in [9.17, 15) is 0 Å². The number of methoxy groups -OCH3 is 1. The Hall–Kier alpha value is -2.85. The maximum absolute atomic E-state index is 5.87. The fraction of sp³-hybridized carbons (Fsp3) is 0.389. The molecule has 5 N–H and O–H groups in total. The molecule has 1 saturated carbocycles. The third-order valence-corrected chi connectivity index (χ3v) is 5.25. The van der Waals surface area contributed by atoms with Gasteiger partial charge in [-0.2, -0.15) is 4.98 Å². The second-order valence-corrected chi connectivity index (χ2v) is 7.75. The summed E-state index contributed by atoms with van der Waals surface area (Å²) in [6, 6.07) is 5.76. The van der Waals surface area contributed by atoms with Gasteiger partial charge in [0.1, 0.15) is 15.8 Å². The number of hydrogen-bond acceptors (Lipinski definition) is 10. The van der Waals surface area contributed by atoms with E-state index < -0.39 is 0 Å². The molecule has 1 fully saturated rings. The van der Waals surface area contributed by atoms with Gasteiger partial charge in [-0.3, -0.25) is 4.98 Å². The van der Waals surface area contributed by atoms with Crippen molar-refractivity contribution in [3.63, 3.8) is 0 Å². The predicted octanol–water partition coefficient (Wildman–Crippen LogP) is 2.56. The van der Waals surface area contributed by atoms with E-state index >= 15 is 0 Å². The van der Waals surface area contributed by atoms with Crippen LogP contribution >= 0.6 is 11.3 Å². The van der Waals surface area contributed by atoms with Crippen molar-refractivity contribution in [2.24, 2.45) is 5.92 Å². The molecule has 3 aromatic heterocycles. The van der Waals surface area contributed by atoms with Crippen molar-refractivity contribution >= 4 is 17.3 Å². The van der Waals surface area contributed by atoms with Crippen molar-refractivity contribution in [3.8, 4) is 11.6 Å². The second-order valence-electron chi connectivity index (χ2n) is 6.48. The van der Waals surface area contributed by atoms with Crippen LogP contribution in [0.2, 0.25) is 0 Å². The van der Waals surface area contributed by atoms with Gasteiger partial charge in [0.2, 0.25) is 11.8 Å². The molecule has 0 saturated heterocycles. The topological polar surface area (TPSA) is 144 Å². The number of hydrogen-bond donors (Lipinski definition) is 2. The molecule has 3 heterocycles. The van der Waals surface area contributed by atoms with Crippen LogP contribution in [-0.4, -0.2) is 38.9 Å². The summed E-state index contributed by atoms with van der Waals surface area (Å²) in [6.07, 6.45) is 3.37. The van der Waals surface area contributed by atoms with Crippen molar-refractivity contribution < 1.29 is 9.47 Å². The number of pyridine rings is 1. The van der Waals surface area contributed by atoms with Crippen LogP contribution in [0.1, 0.15) is 33.7 Å². The molecule has 0 aromatic carbocycles. The molecule has 10 heteroatoms. The van der Waals surface area contributed by atoms with Crippen LogP contribution in [0.5, 0.6) is 11.6 Å². The number of aryl methyl sites for hydroxylation is 1. The largest absolute Gasteiger partial charge is 0.495 e. The standard InChI is InChI=1S/C18H20N6O2S.H3N/c1-10-23-24-17(27-10)7-12-6-16(22-18(19)21-12)26-9-11-5-14(11)15-4-3-13(25-2)8-20-15;/h3-4,6,8,11,14H,5,7,9H2,1-2H3,(H2,19,21,22);1H3/t11-,14+;/m1./s1. The number of nitrogens with zero attached hydrogens (tertiary/aromatic N) is 5. The Morgan fingerprint density at radius 2 is 2.11 bits per heavy atom. The Labute approximate surface area is 167 Å². The summed E-state index contributed by atoms with van der Waals surface area (Å²) in [5.74, 6) is 2.30. The molecule has 0 aliphatic heterocycles. The average Bonchev–Trinajstić information content (AvgIpc) is 3.33. The lowest BCUT2D eigenvalue weighted by atomic mass is 10.2. The lowest BCUT2D eigenvalue weighted by Crippen LogP contribution is -2.07. The monoisotopic (exact) mass is 401 g/mol. The Morgan fingerprint density at radius 1 is 1.25 bits per heavy atom. The zero-order chi connectivity index (χ0) is 18.8. The van der Waals surface area contributed by atoms with E-state index in [1.807, 2.05) is 25.1 Å². The highest BCUT2D eigenvalue weighted by atomic mass is 32.1. The molecule has 4 rings (SSSR count). The van der Waals surface area contributed by atoms with Crippen LogP contribution in [0, 0.1) is 12.8 Å². The molecule has 0 unspecified atom stereocenters. The third kappa shape index (κ3) is 4.70. The average molecular weight is 401 g/mol. The summed E-state index contributed by atoms with van der Waals surface area (Å²) >= 11 is 1.54. The Morgan fingerprint density at radius 3 is 2.79 bits per heavy atom. The Balaban J connectivity index is 0.00000225. The van der Waals surface area contributed by atoms with Gasteiger partial charge in [0, 0.05) is 30.0 Å². The van der Waals surface area contributed by atoms with Crippen LogP contribution in [-0.2, 0) is 6.42 Å². The van der Waals surface area contributed by atoms with Gasteiger partial charge < -0.3 is 21.4 Å². The van der Waals surface area contributed by atoms with Crippen LogP contribution < -0.4 is 21.4 Å². The number of ether oxygens (including phenoxy) is 2. The van der Waals surface area contributed by atoms with Gasteiger partial charge >= 0.3 is 0 Å². The summed E-state index contributed by atoms with van der Waals surface area (Å²) in [5, 5.41) is 9.96. The summed E-state index contributed by atoms with van der Waals surface area (Å²) < 4.78 is 11.0. The van der Waals surface area contributed by atoms with E-state index in [0.29, 0.717) is 30.7 Å². The highest BCUT2D eigenvalue weighted by Crippen LogP contribution is 2.46. The molecule has 9 nitrogen and oxygen atoms in total. The normalized spacial score (nSPS) is 17.6. The maximum atomic E-state index is 5.87. The van der Waals surface area contributed by atoms with Crippen molar-refractivity contribution in [1.82, 2.24) is 31.3 Å². The molecule has 1 aliphatic carbocycles. The molecular formula is C18H23N7O2S. The van der Waals surface area contributed by atoms with Crippen LogP contribution in [0.4, 0.5) is 5.95 Å². The van der Waals surface area contributed by atoms with Crippen molar-refractivity contribution in [3.05, 3.63) is 45.8 Å².